The Bertz CT molecular complexity index is 679. The Morgan fingerprint density at radius 1 is 1.16 bits per heavy atom. The molecule has 0 saturated heterocycles. The number of alkyl halides is 3. The molecule has 1 aliphatic carbocycles. The van der Waals surface area contributed by atoms with Gasteiger partial charge in [0.15, 0.2) is 0 Å². The van der Waals surface area contributed by atoms with Crippen molar-refractivity contribution in [2.45, 2.75) is 50.9 Å². The van der Waals surface area contributed by atoms with E-state index in [1.54, 1.807) is 0 Å². The number of rotatable bonds is 5. The van der Waals surface area contributed by atoms with Crippen LogP contribution in [0.25, 0.3) is 11.4 Å². The minimum atomic E-state index is -4.72. The Morgan fingerprint density at radius 2 is 1.84 bits per heavy atom. The van der Waals surface area contributed by atoms with Crippen LogP contribution in [0.1, 0.15) is 50.5 Å². The first-order valence-electron chi connectivity index (χ1n) is 8.36. The summed E-state index contributed by atoms with van der Waals surface area (Å²) in [5, 5.41) is 3.88. The standard InChI is InChI=1S/C17H20F3N3O2/c18-17(19,20)24-13-8-6-12(7-9-13)15-22-16(25-23-15)14(21)10-11-4-2-1-3-5-11/h6-9,11,14H,1-5,10,21H2. The molecule has 8 heteroatoms. The molecule has 0 bridgehead atoms. The second kappa shape index (κ2) is 7.43. The molecule has 2 aromatic rings. The van der Waals surface area contributed by atoms with Crippen molar-refractivity contribution in [3.05, 3.63) is 30.2 Å². The van der Waals surface area contributed by atoms with E-state index in [1.807, 2.05) is 0 Å². The predicted molar refractivity (Wildman–Crippen MR) is 84.5 cm³/mol. The van der Waals surface area contributed by atoms with E-state index in [2.05, 4.69) is 14.9 Å². The summed E-state index contributed by atoms with van der Waals surface area (Å²) in [6, 6.07) is 4.99. The lowest BCUT2D eigenvalue weighted by Gasteiger charge is -2.22. The Labute approximate surface area is 143 Å². The van der Waals surface area contributed by atoms with Gasteiger partial charge in [0.1, 0.15) is 5.75 Å². The summed E-state index contributed by atoms with van der Waals surface area (Å²) in [5.41, 5.74) is 6.71. The van der Waals surface area contributed by atoms with E-state index in [-0.39, 0.29) is 11.8 Å². The van der Waals surface area contributed by atoms with Crippen LogP contribution in [0.5, 0.6) is 5.75 Å². The zero-order chi connectivity index (χ0) is 17.9. The van der Waals surface area contributed by atoms with Crippen LogP contribution in [-0.2, 0) is 0 Å². The van der Waals surface area contributed by atoms with Crippen molar-refractivity contribution < 1.29 is 22.4 Å². The highest BCUT2D eigenvalue weighted by atomic mass is 19.4. The normalized spacial score (nSPS) is 17.4. The van der Waals surface area contributed by atoms with Gasteiger partial charge in [-0.15, -0.1) is 13.2 Å². The average molecular weight is 355 g/mol. The number of benzene rings is 1. The molecule has 1 aromatic carbocycles. The summed E-state index contributed by atoms with van der Waals surface area (Å²) in [4.78, 5) is 4.28. The summed E-state index contributed by atoms with van der Waals surface area (Å²) in [7, 11) is 0. The van der Waals surface area contributed by atoms with Crippen LogP contribution < -0.4 is 10.5 Å². The average Bonchev–Trinajstić information content (AvgIpc) is 3.05. The highest BCUT2D eigenvalue weighted by molar-refractivity contribution is 5.55. The summed E-state index contributed by atoms with van der Waals surface area (Å²) in [6.07, 6.45) is 2.19. The van der Waals surface area contributed by atoms with Gasteiger partial charge in [0, 0.05) is 5.56 Å². The van der Waals surface area contributed by atoms with Crippen LogP contribution in [0.4, 0.5) is 13.2 Å². The number of nitrogens with zero attached hydrogens (tertiary/aromatic N) is 2. The van der Waals surface area contributed by atoms with Gasteiger partial charge in [-0.1, -0.05) is 37.3 Å². The molecule has 25 heavy (non-hydrogen) atoms. The second-order valence-electron chi connectivity index (χ2n) is 6.37. The predicted octanol–water partition coefficient (Wildman–Crippen LogP) is 4.61. The van der Waals surface area contributed by atoms with Gasteiger partial charge in [-0.2, -0.15) is 4.98 Å². The molecular weight excluding hydrogens is 335 g/mol. The van der Waals surface area contributed by atoms with Crippen LogP contribution in [0.2, 0.25) is 0 Å². The maximum absolute atomic E-state index is 12.2. The van der Waals surface area contributed by atoms with E-state index in [1.165, 1.54) is 56.4 Å². The van der Waals surface area contributed by atoms with Gasteiger partial charge in [0.25, 0.3) is 0 Å². The molecule has 0 radical (unpaired) electrons. The van der Waals surface area contributed by atoms with E-state index in [4.69, 9.17) is 10.3 Å². The molecule has 1 saturated carbocycles. The number of hydrogen-bond acceptors (Lipinski definition) is 5. The lowest BCUT2D eigenvalue weighted by Crippen LogP contribution is -2.17. The highest BCUT2D eigenvalue weighted by Gasteiger charge is 2.31. The monoisotopic (exact) mass is 355 g/mol. The van der Waals surface area contributed by atoms with Gasteiger partial charge in [-0.25, -0.2) is 0 Å². The number of aromatic nitrogens is 2. The summed E-state index contributed by atoms with van der Waals surface area (Å²) in [6.45, 7) is 0. The smallest absolute Gasteiger partial charge is 0.406 e. The fourth-order valence-corrected chi connectivity index (χ4v) is 3.19. The van der Waals surface area contributed by atoms with Gasteiger partial charge in [0.05, 0.1) is 6.04 Å². The highest BCUT2D eigenvalue weighted by Crippen LogP contribution is 2.31. The van der Waals surface area contributed by atoms with Crippen molar-refractivity contribution in [2.75, 3.05) is 0 Å². The summed E-state index contributed by atoms with van der Waals surface area (Å²) >= 11 is 0. The van der Waals surface area contributed by atoms with Crippen LogP contribution in [0, 0.1) is 5.92 Å². The van der Waals surface area contributed by atoms with E-state index in [0.717, 1.165) is 6.42 Å². The van der Waals surface area contributed by atoms with E-state index >= 15 is 0 Å². The number of hydrogen-bond donors (Lipinski definition) is 1. The zero-order valence-corrected chi connectivity index (χ0v) is 13.6. The van der Waals surface area contributed by atoms with E-state index in [0.29, 0.717) is 23.2 Å². The first kappa shape index (κ1) is 17.7. The number of halogens is 3. The Kier molecular flexibility index (Phi) is 5.27. The lowest BCUT2D eigenvalue weighted by molar-refractivity contribution is -0.274. The molecular formula is C17H20F3N3O2. The molecule has 1 unspecified atom stereocenters. The fourth-order valence-electron chi connectivity index (χ4n) is 3.19. The fraction of sp³-hybridized carbons (Fsp3) is 0.529. The van der Waals surface area contributed by atoms with Crippen LogP contribution in [0.15, 0.2) is 28.8 Å². The molecule has 1 aromatic heterocycles. The van der Waals surface area contributed by atoms with Crippen LogP contribution in [-0.4, -0.2) is 16.5 Å². The summed E-state index contributed by atoms with van der Waals surface area (Å²) in [5.74, 6) is 0.940. The molecule has 0 aliphatic heterocycles. The van der Waals surface area contributed by atoms with Crippen molar-refractivity contribution in [2.24, 2.45) is 11.7 Å². The molecule has 1 fully saturated rings. The molecule has 5 nitrogen and oxygen atoms in total. The Morgan fingerprint density at radius 3 is 2.48 bits per heavy atom. The first-order valence-corrected chi connectivity index (χ1v) is 8.36. The van der Waals surface area contributed by atoms with Crippen LogP contribution >= 0.6 is 0 Å². The van der Waals surface area contributed by atoms with Gasteiger partial charge >= 0.3 is 6.36 Å². The molecule has 1 heterocycles. The second-order valence-corrected chi connectivity index (χ2v) is 6.37. The third kappa shape index (κ3) is 4.94. The van der Waals surface area contributed by atoms with Crippen molar-refractivity contribution in [1.29, 1.82) is 0 Å². The van der Waals surface area contributed by atoms with Crippen molar-refractivity contribution in [3.63, 3.8) is 0 Å². The molecule has 1 atom stereocenters. The molecule has 2 N–H and O–H groups in total. The van der Waals surface area contributed by atoms with Gasteiger partial charge < -0.3 is 15.0 Å². The minimum Gasteiger partial charge on any atom is -0.406 e. The van der Waals surface area contributed by atoms with E-state index < -0.39 is 6.36 Å². The maximum atomic E-state index is 12.2. The third-order valence-corrected chi connectivity index (χ3v) is 4.42. The van der Waals surface area contributed by atoms with Gasteiger partial charge in [0.2, 0.25) is 11.7 Å². The third-order valence-electron chi connectivity index (χ3n) is 4.42. The molecule has 136 valence electrons. The van der Waals surface area contributed by atoms with Gasteiger partial charge in [-0.3, -0.25) is 0 Å². The molecule has 3 rings (SSSR count). The molecule has 0 spiro atoms. The van der Waals surface area contributed by atoms with Crippen molar-refractivity contribution in [1.82, 2.24) is 10.1 Å². The molecule has 0 amide bonds. The van der Waals surface area contributed by atoms with Crippen molar-refractivity contribution in [3.8, 4) is 17.1 Å². The van der Waals surface area contributed by atoms with Crippen LogP contribution in [0.3, 0.4) is 0 Å². The largest absolute Gasteiger partial charge is 0.573 e. The number of ether oxygens (including phenoxy) is 1. The zero-order valence-electron chi connectivity index (χ0n) is 13.6. The topological polar surface area (TPSA) is 74.2 Å². The summed E-state index contributed by atoms with van der Waals surface area (Å²) < 4.78 is 45.6. The maximum Gasteiger partial charge on any atom is 0.573 e. The first-order chi connectivity index (χ1) is 11.9. The SMILES string of the molecule is NC(CC1CCCCC1)c1nc(-c2ccc(OC(F)(F)F)cc2)no1. The quantitative estimate of drug-likeness (QED) is 0.848. The van der Waals surface area contributed by atoms with Gasteiger partial charge in [-0.05, 0) is 36.6 Å². The van der Waals surface area contributed by atoms with Crippen molar-refractivity contribution >= 4 is 0 Å². The molecule has 1 aliphatic rings. The van der Waals surface area contributed by atoms with E-state index in [9.17, 15) is 13.2 Å². The minimum absolute atomic E-state index is 0.297. The number of nitrogens with two attached hydrogens (primary N) is 1. The Hall–Kier alpha value is -2.09. The Balaban J connectivity index is 1.64. The lowest BCUT2D eigenvalue weighted by atomic mass is 9.85.